The third kappa shape index (κ3) is 3.53. The molecule has 4 nitrogen and oxygen atoms in total. The zero-order chi connectivity index (χ0) is 14.7. The SMILES string of the molecule is CCCCN1CC(C(=O)N2CC(C)CC(C)C2)CC1=O. The topological polar surface area (TPSA) is 40.6 Å². The van der Waals surface area contributed by atoms with Gasteiger partial charge in [0.25, 0.3) is 0 Å². The van der Waals surface area contributed by atoms with Gasteiger partial charge >= 0.3 is 0 Å². The lowest BCUT2D eigenvalue weighted by Gasteiger charge is -2.36. The zero-order valence-corrected chi connectivity index (χ0v) is 13.1. The van der Waals surface area contributed by atoms with Crippen molar-refractivity contribution in [3.63, 3.8) is 0 Å². The van der Waals surface area contributed by atoms with Gasteiger partial charge in [0.05, 0.1) is 5.92 Å². The molecule has 2 heterocycles. The number of carbonyl (C=O) groups is 2. The molecule has 0 aliphatic carbocycles. The lowest BCUT2D eigenvalue weighted by atomic mass is 9.91. The van der Waals surface area contributed by atoms with Gasteiger partial charge in [-0.25, -0.2) is 0 Å². The van der Waals surface area contributed by atoms with E-state index in [1.54, 1.807) is 0 Å². The molecule has 0 spiro atoms. The highest BCUT2D eigenvalue weighted by Gasteiger charge is 2.37. The number of hydrogen-bond acceptors (Lipinski definition) is 2. The number of carbonyl (C=O) groups excluding carboxylic acids is 2. The number of hydrogen-bond donors (Lipinski definition) is 0. The van der Waals surface area contributed by atoms with E-state index < -0.39 is 0 Å². The molecule has 3 unspecified atom stereocenters. The van der Waals surface area contributed by atoms with Crippen LogP contribution >= 0.6 is 0 Å². The van der Waals surface area contributed by atoms with Gasteiger partial charge in [0, 0.05) is 32.6 Å². The van der Waals surface area contributed by atoms with Gasteiger partial charge in [0.2, 0.25) is 11.8 Å². The summed E-state index contributed by atoms with van der Waals surface area (Å²) < 4.78 is 0. The molecule has 0 aromatic heterocycles. The predicted molar refractivity (Wildman–Crippen MR) is 79.1 cm³/mol. The van der Waals surface area contributed by atoms with E-state index in [0.717, 1.165) is 32.5 Å². The fraction of sp³-hybridized carbons (Fsp3) is 0.875. The molecule has 2 fully saturated rings. The highest BCUT2D eigenvalue weighted by Crippen LogP contribution is 2.26. The summed E-state index contributed by atoms with van der Waals surface area (Å²) in [6, 6.07) is 0. The van der Waals surface area contributed by atoms with Crippen LogP contribution in [0.15, 0.2) is 0 Å². The van der Waals surface area contributed by atoms with E-state index in [4.69, 9.17) is 0 Å². The molecule has 2 rings (SSSR count). The molecule has 0 bridgehead atoms. The molecule has 0 saturated carbocycles. The molecule has 2 aliphatic rings. The Morgan fingerprint density at radius 3 is 2.45 bits per heavy atom. The summed E-state index contributed by atoms with van der Waals surface area (Å²) in [4.78, 5) is 28.4. The fourth-order valence-corrected chi connectivity index (χ4v) is 3.60. The van der Waals surface area contributed by atoms with E-state index in [1.165, 1.54) is 6.42 Å². The number of piperidine rings is 1. The van der Waals surface area contributed by atoms with Gasteiger partial charge in [-0.15, -0.1) is 0 Å². The second-order valence-electron chi connectivity index (χ2n) is 6.78. The lowest BCUT2D eigenvalue weighted by molar-refractivity contribution is -0.138. The molecule has 0 radical (unpaired) electrons. The first-order valence-electron chi connectivity index (χ1n) is 8.07. The summed E-state index contributed by atoms with van der Waals surface area (Å²) >= 11 is 0. The molecule has 4 heteroatoms. The van der Waals surface area contributed by atoms with Crippen LogP contribution in [-0.4, -0.2) is 47.8 Å². The minimum absolute atomic E-state index is 0.100. The van der Waals surface area contributed by atoms with E-state index in [2.05, 4.69) is 20.8 Å². The van der Waals surface area contributed by atoms with Crippen LogP contribution in [0, 0.1) is 17.8 Å². The van der Waals surface area contributed by atoms with Crippen molar-refractivity contribution in [1.82, 2.24) is 9.80 Å². The maximum absolute atomic E-state index is 12.6. The van der Waals surface area contributed by atoms with Gasteiger partial charge in [-0.2, -0.15) is 0 Å². The standard InChI is InChI=1S/C16H28N2O2/c1-4-5-6-17-11-14(8-15(17)19)16(20)18-9-12(2)7-13(3)10-18/h12-14H,4-11H2,1-3H3. The molecule has 2 amide bonds. The Balaban J connectivity index is 1.91. The molecule has 20 heavy (non-hydrogen) atoms. The van der Waals surface area contributed by atoms with Gasteiger partial charge in [-0.3, -0.25) is 9.59 Å². The molecule has 114 valence electrons. The van der Waals surface area contributed by atoms with Gasteiger partial charge in [-0.05, 0) is 24.7 Å². The number of amides is 2. The van der Waals surface area contributed by atoms with Crippen LogP contribution in [0.4, 0.5) is 0 Å². The van der Waals surface area contributed by atoms with Crippen molar-refractivity contribution < 1.29 is 9.59 Å². The van der Waals surface area contributed by atoms with E-state index in [9.17, 15) is 9.59 Å². The number of likely N-dealkylation sites (tertiary alicyclic amines) is 2. The normalized spacial score (nSPS) is 30.9. The first kappa shape index (κ1) is 15.3. The summed E-state index contributed by atoms with van der Waals surface area (Å²) in [6.45, 7) is 9.72. The average molecular weight is 280 g/mol. The molecular weight excluding hydrogens is 252 g/mol. The lowest BCUT2D eigenvalue weighted by Crippen LogP contribution is -2.45. The summed E-state index contributed by atoms with van der Waals surface area (Å²) in [5.74, 6) is 1.43. The fourth-order valence-electron chi connectivity index (χ4n) is 3.60. The Labute approximate surface area is 122 Å². The largest absolute Gasteiger partial charge is 0.342 e. The minimum atomic E-state index is -0.100. The highest BCUT2D eigenvalue weighted by molar-refractivity contribution is 5.89. The second kappa shape index (κ2) is 6.59. The molecule has 0 aromatic carbocycles. The Morgan fingerprint density at radius 2 is 1.85 bits per heavy atom. The maximum atomic E-state index is 12.6. The van der Waals surface area contributed by atoms with Crippen LogP contribution in [-0.2, 0) is 9.59 Å². The quantitative estimate of drug-likeness (QED) is 0.791. The maximum Gasteiger partial charge on any atom is 0.228 e. The summed E-state index contributed by atoms with van der Waals surface area (Å²) in [6.07, 6.45) is 3.74. The number of nitrogens with zero attached hydrogens (tertiary/aromatic N) is 2. The molecule has 0 aromatic rings. The second-order valence-corrected chi connectivity index (χ2v) is 6.78. The van der Waals surface area contributed by atoms with E-state index in [0.29, 0.717) is 24.8 Å². The van der Waals surface area contributed by atoms with Crippen LogP contribution in [0.1, 0.15) is 46.5 Å². The number of rotatable bonds is 4. The molecule has 2 aliphatic heterocycles. The Kier molecular flexibility index (Phi) is 5.06. The first-order valence-corrected chi connectivity index (χ1v) is 8.07. The summed E-state index contributed by atoms with van der Waals surface area (Å²) in [5.41, 5.74) is 0. The summed E-state index contributed by atoms with van der Waals surface area (Å²) in [5, 5.41) is 0. The van der Waals surface area contributed by atoms with Gasteiger partial charge in [0.15, 0.2) is 0 Å². The van der Waals surface area contributed by atoms with E-state index in [1.807, 2.05) is 9.80 Å². The van der Waals surface area contributed by atoms with Crippen molar-refractivity contribution in [1.29, 1.82) is 0 Å². The van der Waals surface area contributed by atoms with Crippen molar-refractivity contribution in [3.05, 3.63) is 0 Å². The van der Waals surface area contributed by atoms with Crippen LogP contribution in [0.2, 0.25) is 0 Å². The average Bonchev–Trinajstić information content (AvgIpc) is 2.75. The van der Waals surface area contributed by atoms with E-state index >= 15 is 0 Å². The smallest absolute Gasteiger partial charge is 0.228 e. The van der Waals surface area contributed by atoms with Crippen molar-refractivity contribution >= 4 is 11.8 Å². The Hall–Kier alpha value is -1.06. The third-order valence-corrected chi connectivity index (χ3v) is 4.53. The highest BCUT2D eigenvalue weighted by atomic mass is 16.2. The molecular formula is C16H28N2O2. The van der Waals surface area contributed by atoms with Crippen molar-refractivity contribution in [3.8, 4) is 0 Å². The van der Waals surface area contributed by atoms with Gasteiger partial charge in [0.1, 0.15) is 0 Å². The Morgan fingerprint density at radius 1 is 1.20 bits per heavy atom. The van der Waals surface area contributed by atoms with Crippen LogP contribution < -0.4 is 0 Å². The van der Waals surface area contributed by atoms with Crippen molar-refractivity contribution in [2.45, 2.75) is 46.5 Å². The molecule has 0 N–H and O–H groups in total. The first-order chi connectivity index (χ1) is 9.51. The predicted octanol–water partition coefficient (Wildman–Crippen LogP) is 2.14. The zero-order valence-electron chi connectivity index (χ0n) is 13.1. The van der Waals surface area contributed by atoms with Crippen LogP contribution in [0.25, 0.3) is 0 Å². The third-order valence-electron chi connectivity index (χ3n) is 4.53. The van der Waals surface area contributed by atoms with Gasteiger partial charge in [-0.1, -0.05) is 27.2 Å². The van der Waals surface area contributed by atoms with Crippen LogP contribution in [0.5, 0.6) is 0 Å². The van der Waals surface area contributed by atoms with E-state index in [-0.39, 0.29) is 17.7 Å². The van der Waals surface area contributed by atoms with Crippen LogP contribution in [0.3, 0.4) is 0 Å². The Bertz CT molecular complexity index is 359. The molecule has 3 atom stereocenters. The van der Waals surface area contributed by atoms with Crippen molar-refractivity contribution in [2.75, 3.05) is 26.2 Å². The number of unbranched alkanes of at least 4 members (excludes halogenated alkanes) is 1. The summed E-state index contributed by atoms with van der Waals surface area (Å²) in [7, 11) is 0. The molecule has 2 saturated heterocycles. The van der Waals surface area contributed by atoms with Gasteiger partial charge < -0.3 is 9.80 Å². The minimum Gasteiger partial charge on any atom is -0.342 e. The van der Waals surface area contributed by atoms with Crippen molar-refractivity contribution in [2.24, 2.45) is 17.8 Å². The monoisotopic (exact) mass is 280 g/mol.